The Morgan fingerprint density at radius 1 is 1.67 bits per heavy atom. The van der Waals surface area contributed by atoms with E-state index in [4.69, 9.17) is 17.3 Å². The summed E-state index contributed by atoms with van der Waals surface area (Å²) in [5.41, 5.74) is 6.32. The molecule has 2 heterocycles. The van der Waals surface area contributed by atoms with E-state index in [0.717, 1.165) is 19.4 Å². The molecule has 1 aromatic rings. The van der Waals surface area contributed by atoms with Gasteiger partial charge < -0.3 is 10.6 Å². The Morgan fingerprint density at radius 2 is 2.44 bits per heavy atom. The Morgan fingerprint density at radius 3 is 3.11 bits per heavy atom. The Kier molecular flexibility index (Phi) is 4.04. The monoisotopic (exact) mass is 268 g/mol. The van der Waals surface area contributed by atoms with Gasteiger partial charge in [-0.15, -0.1) is 6.58 Å². The fraction of sp³-hybridized carbons (Fsp3) is 0.500. The standard InChI is InChI=1S/C12H17ClN4O/c1-2-5-17-12(18)11(13)10(7-15-17)16-6-3-4-9(14)8-16/h2,7,9H,1,3-6,8,14H2/t9-/m1/s1. The zero-order valence-corrected chi connectivity index (χ0v) is 10.9. The molecule has 1 saturated heterocycles. The van der Waals surface area contributed by atoms with Crippen LogP contribution >= 0.6 is 11.6 Å². The molecule has 18 heavy (non-hydrogen) atoms. The number of halogens is 1. The van der Waals surface area contributed by atoms with Crippen molar-refractivity contribution < 1.29 is 0 Å². The van der Waals surface area contributed by atoms with Gasteiger partial charge in [-0.1, -0.05) is 17.7 Å². The highest BCUT2D eigenvalue weighted by atomic mass is 35.5. The number of aromatic nitrogens is 2. The summed E-state index contributed by atoms with van der Waals surface area (Å²) in [6.07, 6.45) is 5.26. The quantitative estimate of drug-likeness (QED) is 0.831. The van der Waals surface area contributed by atoms with Gasteiger partial charge in [-0.3, -0.25) is 4.79 Å². The first-order valence-corrected chi connectivity index (χ1v) is 6.38. The predicted molar refractivity (Wildman–Crippen MR) is 73.1 cm³/mol. The maximum atomic E-state index is 12.0. The number of hydrogen-bond donors (Lipinski definition) is 1. The van der Waals surface area contributed by atoms with Crippen LogP contribution < -0.4 is 16.2 Å². The number of piperidine rings is 1. The molecule has 6 heteroatoms. The molecule has 1 atom stereocenters. The highest BCUT2D eigenvalue weighted by Crippen LogP contribution is 2.24. The van der Waals surface area contributed by atoms with E-state index in [1.807, 2.05) is 4.90 Å². The molecule has 0 amide bonds. The molecule has 0 aromatic carbocycles. The zero-order chi connectivity index (χ0) is 13.1. The van der Waals surface area contributed by atoms with Gasteiger partial charge in [0.15, 0.2) is 0 Å². The molecule has 2 N–H and O–H groups in total. The van der Waals surface area contributed by atoms with E-state index in [-0.39, 0.29) is 16.6 Å². The lowest BCUT2D eigenvalue weighted by molar-refractivity contribution is 0.504. The number of hydrogen-bond acceptors (Lipinski definition) is 4. The van der Waals surface area contributed by atoms with Gasteiger partial charge in [-0.2, -0.15) is 5.10 Å². The van der Waals surface area contributed by atoms with E-state index >= 15 is 0 Å². The van der Waals surface area contributed by atoms with Gasteiger partial charge in [0.1, 0.15) is 5.02 Å². The maximum Gasteiger partial charge on any atom is 0.287 e. The molecule has 1 aliphatic heterocycles. The van der Waals surface area contributed by atoms with Gasteiger partial charge in [0, 0.05) is 19.1 Å². The molecule has 0 radical (unpaired) electrons. The lowest BCUT2D eigenvalue weighted by atomic mass is 10.1. The van der Waals surface area contributed by atoms with Crippen LogP contribution in [0.5, 0.6) is 0 Å². The van der Waals surface area contributed by atoms with Crippen LogP contribution in [0.2, 0.25) is 5.02 Å². The summed E-state index contributed by atoms with van der Waals surface area (Å²) in [5.74, 6) is 0. The van der Waals surface area contributed by atoms with Gasteiger partial charge in [0.25, 0.3) is 5.56 Å². The van der Waals surface area contributed by atoms with Crippen molar-refractivity contribution in [3.63, 3.8) is 0 Å². The molecule has 98 valence electrons. The molecule has 0 spiro atoms. The van der Waals surface area contributed by atoms with Crippen molar-refractivity contribution in [1.82, 2.24) is 9.78 Å². The third-order valence-corrected chi connectivity index (χ3v) is 3.42. The third kappa shape index (κ3) is 2.57. The van der Waals surface area contributed by atoms with E-state index < -0.39 is 0 Å². The normalized spacial score (nSPS) is 19.9. The minimum atomic E-state index is -0.284. The van der Waals surface area contributed by atoms with Crippen molar-refractivity contribution in [1.29, 1.82) is 0 Å². The van der Waals surface area contributed by atoms with Gasteiger partial charge in [-0.25, -0.2) is 4.68 Å². The summed E-state index contributed by atoms with van der Waals surface area (Å²) < 4.78 is 1.29. The summed E-state index contributed by atoms with van der Waals surface area (Å²) in [6, 6.07) is 0.130. The highest BCUT2D eigenvalue weighted by Gasteiger charge is 2.21. The number of anilines is 1. The fourth-order valence-corrected chi connectivity index (χ4v) is 2.42. The Balaban J connectivity index is 2.31. The van der Waals surface area contributed by atoms with E-state index in [1.165, 1.54) is 4.68 Å². The van der Waals surface area contributed by atoms with Crippen LogP contribution in [0.15, 0.2) is 23.6 Å². The SMILES string of the molecule is C=CCn1ncc(N2CCC[C@@H](N)C2)c(Cl)c1=O. The molecule has 0 unspecified atom stereocenters. The van der Waals surface area contributed by atoms with E-state index in [2.05, 4.69) is 11.7 Å². The van der Waals surface area contributed by atoms with Crippen LogP contribution in [0, 0.1) is 0 Å². The number of allylic oxidation sites excluding steroid dienone is 1. The second-order valence-electron chi connectivity index (χ2n) is 4.47. The fourth-order valence-electron chi connectivity index (χ4n) is 2.16. The highest BCUT2D eigenvalue weighted by molar-refractivity contribution is 6.33. The van der Waals surface area contributed by atoms with Crippen LogP contribution in [0.3, 0.4) is 0 Å². The summed E-state index contributed by atoms with van der Waals surface area (Å²) in [4.78, 5) is 14.0. The third-order valence-electron chi connectivity index (χ3n) is 3.07. The maximum absolute atomic E-state index is 12.0. The van der Waals surface area contributed by atoms with Crippen LogP contribution in [0.1, 0.15) is 12.8 Å². The van der Waals surface area contributed by atoms with Crippen molar-refractivity contribution in [3.05, 3.63) is 34.2 Å². The Bertz CT molecular complexity index is 499. The minimum absolute atomic E-state index is 0.130. The first-order valence-electron chi connectivity index (χ1n) is 6.00. The van der Waals surface area contributed by atoms with Gasteiger partial charge >= 0.3 is 0 Å². The van der Waals surface area contributed by atoms with Gasteiger partial charge in [-0.05, 0) is 12.8 Å². The Hall–Kier alpha value is -1.33. The number of nitrogens with two attached hydrogens (primary N) is 1. The van der Waals surface area contributed by atoms with Gasteiger partial charge in [0.2, 0.25) is 0 Å². The summed E-state index contributed by atoms with van der Waals surface area (Å²) in [7, 11) is 0. The van der Waals surface area contributed by atoms with E-state index in [9.17, 15) is 4.79 Å². The first-order chi connectivity index (χ1) is 8.63. The van der Waals surface area contributed by atoms with Gasteiger partial charge in [0.05, 0.1) is 18.4 Å². The number of nitrogens with zero attached hydrogens (tertiary/aromatic N) is 3. The smallest absolute Gasteiger partial charge is 0.287 e. The predicted octanol–water partition coefficient (Wildman–Crippen LogP) is 1.01. The molecule has 1 aliphatic rings. The topological polar surface area (TPSA) is 64.2 Å². The van der Waals surface area contributed by atoms with Crippen molar-refractivity contribution in [2.45, 2.75) is 25.4 Å². The number of rotatable bonds is 3. The molecule has 0 aliphatic carbocycles. The summed E-state index contributed by atoms with van der Waals surface area (Å²) >= 11 is 6.13. The molecule has 0 bridgehead atoms. The summed E-state index contributed by atoms with van der Waals surface area (Å²) in [6.45, 7) is 5.51. The lowest BCUT2D eigenvalue weighted by Crippen LogP contribution is -2.43. The van der Waals surface area contributed by atoms with Crippen LogP contribution in [0.25, 0.3) is 0 Å². The van der Waals surface area contributed by atoms with E-state index in [0.29, 0.717) is 18.8 Å². The molecule has 5 nitrogen and oxygen atoms in total. The first kappa shape index (κ1) is 13.1. The minimum Gasteiger partial charge on any atom is -0.367 e. The summed E-state index contributed by atoms with van der Waals surface area (Å²) in [5, 5.41) is 4.30. The van der Waals surface area contributed by atoms with Crippen molar-refractivity contribution in [2.75, 3.05) is 18.0 Å². The molecular weight excluding hydrogens is 252 g/mol. The molecule has 2 rings (SSSR count). The Labute approximate surface area is 111 Å². The molecule has 1 fully saturated rings. The van der Waals surface area contributed by atoms with Crippen LogP contribution in [-0.4, -0.2) is 28.9 Å². The molecule has 1 aromatic heterocycles. The van der Waals surface area contributed by atoms with Crippen molar-refractivity contribution in [3.8, 4) is 0 Å². The van der Waals surface area contributed by atoms with Crippen LogP contribution in [0.4, 0.5) is 5.69 Å². The zero-order valence-electron chi connectivity index (χ0n) is 10.2. The lowest BCUT2D eigenvalue weighted by Gasteiger charge is -2.32. The molecule has 0 saturated carbocycles. The second kappa shape index (κ2) is 5.54. The average molecular weight is 269 g/mol. The van der Waals surface area contributed by atoms with Crippen molar-refractivity contribution >= 4 is 17.3 Å². The molecular formula is C12H17ClN4O. The second-order valence-corrected chi connectivity index (χ2v) is 4.85. The van der Waals surface area contributed by atoms with Crippen molar-refractivity contribution in [2.24, 2.45) is 5.73 Å². The average Bonchev–Trinajstić information content (AvgIpc) is 2.35. The van der Waals surface area contributed by atoms with E-state index in [1.54, 1.807) is 12.3 Å². The van der Waals surface area contributed by atoms with Crippen LogP contribution in [-0.2, 0) is 6.54 Å². The largest absolute Gasteiger partial charge is 0.367 e.